The maximum absolute atomic E-state index is 11.6. The molecule has 0 saturated heterocycles. The van der Waals surface area contributed by atoms with Gasteiger partial charge in [-0.3, -0.25) is 10.1 Å². The molecule has 0 bridgehead atoms. The van der Waals surface area contributed by atoms with Gasteiger partial charge in [0, 0.05) is 9.61 Å². The Morgan fingerprint density at radius 3 is 2.17 bits per heavy atom. The first kappa shape index (κ1) is 15.4. The molecular weight excluding hydrogens is 339 g/mol. The number of nitrogens with one attached hydrogen (secondary N) is 1. The Hall–Kier alpha value is -0.620. The molecule has 0 fully saturated rings. The zero-order valence-electron chi connectivity index (χ0n) is 11.3. The summed E-state index contributed by atoms with van der Waals surface area (Å²) in [6.45, 7) is 7.91. The first-order valence-electron chi connectivity index (χ1n) is 6.10. The van der Waals surface area contributed by atoms with Crippen LogP contribution in [0.25, 0.3) is 0 Å². The third-order valence-corrected chi connectivity index (χ3v) is 4.27. The highest BCUT2D eigenvalue weighted by molar-refractivity contribution is 14.1. The van der Waals surface area contributed by atoms with Crippen molar-refractivity contribution in [3.63, 3.8) is 0 Å². The van der Waals surface area contributed by atoms with E-state index in [0.717, 1.165) is 5.56 Å². The van der Waals surface area contributed by atoms with Crippen molar-refractivity contribution < 1.29 is 4.79 Å². The minimum Gasteiger partial charge on any atom is -0.368 e. The number of carbonyl (C=O) groups excluding carboxylic acids is 1. The van der Waals surface area contributed by atoms with Crippen LogP contribution in [0.15, 0.2) is 24.3 Å². The fourth-order valence-corrected chi connectivity index (χ4v) is 2.17. The van der Waals surface area contributed by atoms with E-state index in [2.05, 4.69) is 52.2 Å². The molecule has 0 aliphatic rings. The molecule has 0 radical (unpaired) electrons. The van der Waals surface area contributed by atoms with E-state index in [-0.39, 0.29) is 17.9 Å². The van der Waals surface area contributed by atoms with Gasteiger partial charge in [-0.1, -0.05) is 26.0 Å². The molecule has 1 amide bonds. The third kappa shape index (κ3) is 3.45. The van der Waals surface area contributed by atoms with Crippen LogP contribution >= 0.6 is 22.6 Å². The van der Waals surface area contributed by atoms with Gasteiger partial charge in [0.25, 0.3) is 0 Å². The maximum atomic E-state index is 11.6. The SMILES string of the molecule is CC(NC(C)(C(N)=O)C(C)C)c1ccc(I)cc1. The molecule has 0 heterocycles. The zero-order valence-corrected chi connectivity index (χ0v) is 13.5. The summed E-state index contributed by atoms with van der Waals surface area (Å²) < 4.78 is 1.20. The fraction of sp³-hybridized carbons (Fsp3) is 0.500. The van der Waals surface area contributed by atoms with Crippen LogP contribution in [-0.4, -0.2) is 11.4 Å². The van der Waals surface area contributed by atoms with Crippen LogP contribution in [0.3, 0.4) is 0 Å². The number of nitrogens with two attached hydrogens (primary N) is 1. The molecule has 4 heteroatoms. The number of hydrogen-bond donors (Lipinski definition) is 2. The molecular formula is C14H21IN2O. The quantitative estimate of drug-likeness (QED) is 0.794. The summed E-state index contributed by atoms with van der Waals surface area (Å²) >= 11 is 2.27. The predicted molar refractivity (Wildman–Crippen MR) is 83.1 cm³/mol. The molecule has 1 aromatic rings. The molecule has 0 saturated carbocycles. The van der Waals surface area contributed by atoms with Crippen molar-refractivity contribution in [1.82, 2.24) is 5.32 Å². The minimum absolute atomic E-state index is 0.0851. The molecule has 100 valence electrons. The van der Waals surface area contributed by atoms with Gasteiger partial charge in [0.15, 0.2) is 0 Å². The van der Waals surface area contributed by atoms with Crippen molar-refractivity contribution in [3.8, 4) is 0 Å². The highest BCUT2D eigenvalue weighted by Crippen LogP contribution is 2.22. The number of primary amides is 1. The normalized spacial score (nSPS) is 16.3. The highest BCUT2D eigenvalue weighted by atomic mass is 127. The fourth-order valence-electron chi connectivity index (χ4n) is 1.81. The summed E-state index contributed by atoms with van der Waals surface area (Å²) in [5.41, 5.74) is 5.98. The van der Waals surface area contributed by atoms with E-state index in [0.29, 0.717) is 0 Å². The van der Waals surface area contributed by atoms with E-state index < -0.39 is 5.54 Å². The molecule has 0 spiro atoms. The van der Waals surface area contributed by atoms with Gasteiger partial charge in [-0.15, -0.1) is 0 Å². The lowest BCUT2D eigenvalue weighted by Crippen LogP contribution is -2.57. The average molecular weight is 360 g/mol. The second kappa shape index (κ2) is 6.02. The monoisotopic (exact) mass is 360 g/mol. The molecule has 0 aliphatic heterocycles. The largest absolute Gasteiger partial charge is 0.368 e. The van der Waals surface area contributed by atoms with E-state index in [1.54, 1.807) is 0 Å². The Morgan fingerprint density at radius 1 is 1.28 bits per heavy atom. The lowest BCUT2D eigenvalue weighted by molar-refractivity contribution is -0.125. The van der Waals surface area contributed by atoms with Crippen molar-refractivity contribution in [2.45, 2.75) is 39.3 Å². The molecule has 0 aliphatic carbocycles. The number of rotatable bonds is 5. The van der Waals surface area contributed by atoms with Gasteiger partial charge in [0.1, 0.15) is 0 Å². The van der Waals surface area contributed by atoms with E-state index in [1.807, 2.05) is 27.7 Å². The van der Waals surface area contributed by atoms with Gasteiger partial charge in [-0.05, 0) is 60.1 Å². The summed E-state index contributed by atoms with van der Waals surface area (Å²) in [5.74, 6) is -0.170. The molecule has 3 nitrogen and oxygen atoms in total. The van der Waals surface area contributed by atoms with Gasteiger partial charge in [-0.25, -0.2) is 0 Å². The molecule has 2 atom stereocenters. The lowest BCUT2D eigenvalue weighted by Gasteiger charge is -2.34. The second-order valence-electron chi connectivity index (χ2n) is 5.14. The van der Waals surface area contributed by atoms with E-state index in [9.17, 15) is 4.79 Å². The standard InChI is InChI=1S/C14H21IN2O/c1-9(2)14(4,13(16)18)17-10(3)11-5-7-12(15)8-6-11/h5-10,17H,1-4H3,(H2,16,18). The summed E-state index contributed by atoms with van der Waals surface area (Å²) in [4.78, 5) is 11.6. The van der Waals surface area contributed by atoms with Crippen LogP contribution in [0.5, 0.6) is 0 Å². The van der Waals surface area contributed by atoms with Gasteiger partial charge >= 0.3 is 0 Å². The van der Waals surface area contributed by atoms with Crippen molar-refractivity contribution >= 4 is 28.5 Å². The van der Waals surface area contributed by atoms with Crippen LogP contribution in [0.4, 0.5) is 0 Å². The second-order valence-corrected chi connectivity index (χ2v) is 6.38. The summed E-state index contributed by atoms with van der Waals surface area (Å²) in [7, 11) is 0. The van der Waals surface area contributed by atoms with Crippen molar-refractivity contribution in [1.29, 1.82) is 0 Å². The topological polar surface area (TPSA) is 55.1 Å². The molecule has 1 aromatic carbocycles. The van der Waals surface area contributed by atoms with Crippen LogP contribution in [0.1, 0.15) is 39.3 Å². The van der Waals surface area contributed by atoms with Gasteiger partial charge < -0.3 is 5.73 Å². The Morgan fingerprint density at radius 2 is 1.78 bits per heavy atom. The van der Waals surface area contributed by atoms with Crippen LogP contribution in [-0.2, 0) is 4.79 Å². The molecule has 0 aromatic heterocycles. The predicted octanol–water partition coefficient (Wildman–Crippen LogP) is 2.84. The number of halogens is 1. The highest BCUT2D eigenvalue weighted by Gasteiger charge is 2.35. The summed E-state index contributed by atoms with van der Waals surface area (Å²) in [6, 6.07) is 8.35. The van der Waals surface area contributed by atoms with Gasteiger partial charge in [0.05, 0.1) is 5.54 Å². The number of hydrogen-bond acceptors (Lipinski definition) is 2. The average Bonchev–Trinajstić information content (AvgIpc) is 2.29. The molecule has 2 unspecified atom stereocenters. The molecule has 18 heavy (non-hydrogen) atoms. The van der Waals surface area contributed by atoms with Gasteiger partial charge in [-0.2, -0.15) is 0 Å². The smallest absolute Gasteiger partial charge is 0.237 e. The van der Waals surface area contributed by atoms with E-state index in [4.69, 9.17) is 5.73 Å². The Labute approximate surface area is 123 Å². The van der Waals surface area contributed by atoms with Crippen LogP contribution < -0.4 is 11.1 Å². The van der Waals surface area contributed by atoms with Crippen LogP contribution in [0.2, 0.25) is 0 Å². The molecule has 3 N–H and O–H groups in total. The van der Waals surface area contributed by atoms with Crippen LogP contribution in [0, 0.1) is 9.49 Å². The van der Waals surface area contributed by atoms with Crippen molar-refractivity contribution in [2.75, 3.05) is 0 Å². The third-order valence-electron chi connectivity index (χ3n) is 3.55. The van der Waals surface area contributed by atoms with E-state index >= 15 is 0 Å². The van der Waals surface area contributed by atoms with Gasteiger partial charge in [0.2, 0.25) is 5.91 Å². The number of carbonyl (C=O) groups is 1. The first-order chi connectivity index (χ1) is 8.27. The van der Waals surface area contributed by atoms with Crippen molar-refractivity contribution in [2.24, 2.45) is 11.7 Å². The molecule has 1 rings (SSSR count). The van der Waals surface area contributed by atoms with E-state index in [1.165, 1.54) is 3.57 Å². The summed E-state index contributed by atoms with van der Waals surface area (Å²) in [5, 5.41) is 3.35. The number of amides is 1. The number of benzene rings is 1. The Kier molecular flexibility index (Phi) is 5.16. The van der Waals surface area contributed by atoms with Crippen molar-refractivity contribution in [3.05, 3.63) is 33.4 Å². The zero-order chi connectivity index (χ0) is 13.9. The maximum Gasteiger partial charge on any atom is 0.237 e. The minimum atomic E-state index is -0.692. The lowest BCUT2D eigenvalue weighted by atomic mass is 9.86. The Bertz CT molecular complexity index is 416. The summed E-state index contributed by atoms with van der Waals surface area (Å²) in [6.07, 6.45) is 0. The Balaban J connectivity index is 2.88. The first-order valence-corrected chi connectivity index (χ1v) is 7.18.